The minimum Gasteiger partial charge on any atom is -0.386 e. The van der Waals surface area contributed by atoms with Crippen LogP contribution in [-0.2, 0) is 13.0 Å². The number of hydrogen-bond acceptors (Lipinski definition) is 4. The average molecular weight is 347 g/mol. The van der Waals surface area contributed by atoms with Gasteiger partial charge >= 0.3 is 0 Å². The number of hydrogen-bond donors (Lipinski definition) is 1. The van der Waals surface area contributed by atoms with Gasteiger partial charge in [-0.3, -0.25) is 9.67 Å². The topological polar surface area (TPSA) is 55.1 Å². The molecular formula is C21H25N5. The van der Waals surface area contributed by atoms with E-state index in [1.165, 1.54) is 5.69 Å². The number of rotatable bonds is 5. The second-order valence-electron chi connectivity index (χ2n) is 6.67. The zero-order chi connectivity index (χ0) is 17.9. The summed E-state index contributed by atoms with van der Waals surface area (Å²) >= 11 is 0. The number of fused-ring (bicyclic) bond motifs is 1. The molecule has 0 atom stereocenters. The lowest BCUT2D eigenvalue weighted by Crippen LogP contribution is -1.99. The van der Waals surface area contributed by atoms with E-state index in [1.54, 1.807) is 0 Å². The van der Waals surface area contributed by atoms with Crippen molar-refractivity contribution in [2.45, 2.75) is 45.6 Å². The summed E-state index contributed by atoms with van der Waals surface area (Å²) in [5, 5.41) is 8.12. The fourth-order valence-electron chi connectivity index (χ4n) is 3.63. The molecule has 2 aliphatic rings. The second kappa shape index (κ2) is 7.28. The lowest BCUT2D eigenvalue weighted by Gasteiger charge is -2.10. The summed E-state index contributed by atoms with van der Waals surface area (Å²) in [6, 6.07) is 4.21. The van der Waals surface area contributed by atoms with Gasteiger partial charge in [-0.1, -0.05) is 19.1 Å². The maximum Gasteiger partial charge on any atom is 0.120 e. The highest BCUT2D eigenvalue weighted by atomic mass is 15.3. The van der Waals surface area contributed by atoms with E-state index >= 15 is 0 Å². The molecule has 4 heterocycles. The molecule has 0 unspecified atom stereocenters. The molecule has 2 aromatic rings. The fourth-order valence-corrected chi connectivity index (χ4v) is 3.63. The molecule has 0 fully saturated rings. The van der Waals surface area contributed by atoms with Crippen LogP contribution in [0.2, 0.25) is 0 Å². The van der Waals surface area contributed by atoms with E-state index in [4.69, 9.17) is 10.1 Å². The Labute approximate surface area is 154 Å². The zero-order valence-corrected chi connectivity index (χ0v) is 15.5. The molecule has 2 aliphatic heterocycles. The summed E-state index contributed by atoms with van der Waals surface area (Å²) in [7, 11) is 1.94. The van der Waals surface area contributed by atoms with Gasteiger partial charge in [-0.15, -0.1) is 0 Å². The molecule has 0 spiro atoms. The zero-order valence-electron chi connectivity index (χ0n) is 15.5. The number of aliphatic imine (C=N–C) groups is 1. The predicted octanol–water partition coefficient (Wildman–Crippen LogP) is 4.56. The van der Waals surface area contributed by atoms with E-state index in [2.05, 4.69) is 52.3 Å². The Morgan fingerprint density at radius 3 is 2.96 bits per heavy atom. The van der Waals surface area contributed by atoms with Gasteiger partial charge in [0.1, 0.15) is 5.69 Å². The Hall–Kier alpha value is -2.69. The van der Waals surface area contributed by atoms with E-state index in [0.29, 0.717) is 0 Å². The molecule has 26 heavy (non-hydrogen) atoms. The first-order valence-corrected chi connectivity index (χ1v) is 9.50. The standard InChI is InChI=1S/C21H25N5/c1-3-4-8-16-15(22-2)11-12-17(24-16)20-19-10-7-14-26(19)25-21(20)18-9-5-6-13-23-18/h4,8-9,11-13,22H,3,5-7,10,14H2,1-2H3/b8-4-. The van der Waals surface area contributed by atoms with Gasteiger partial charge in [-0.25, -0.2) is 4.98 Å². The van der Waals surface area contributed by atoms with Crippen molar-refractivity contribution < 1.29 is 0 Å². The fraction of sp³-hybridized carbons (Fsp3) is 0.381. The normalized spacial score (nSPS) is 16.2. The number of aromatic nitrogens is 3. The Bertz CT molecular complexity index is 901. The number of aryl methyl sites for hydroxylation is 1. The van der Waals surface area contributed by atoms with Gasteiger partial charge in [0.2, 0.25) is 0 Å². The molecule has 0 radical (unpaired) electrons. The van der Waals surface area contributed by atoms with Crippen LogP contribution in [0.15, 0.2) is 29.3 Å². The first kappa shape index (κ1) is 16.8. The lowest BCUT2D eigenvalue weighted by molar-refractivity contribution is 0.653. The molecule has 5 nitrogen and oxygen atoms in total. The highest BCUT2D eigenvalue weighted by molar-refractivity contribution is 5.84. The van der Waals surface area contributed by atoms with Crippen LogP contribution in [0.25, 0.3) is 23.0 Å². The van der Waals surface area contributed by atoms with E-state index < -0.39 is 0 Å². The van der Waals surface area contributed by atoms with Gasteiger partial charge in [0.05, 0.1) is 28.3 Å². The Balaban J connectivity index is 1.86. The Morgan fingerprint density at radius 1 is 1.27 bits per heavy atom. The van der Waals surface area contributed by atoms with Gasteiger partial charge in [-0.2, -0.15) is 5.10 Å². The molecule has 4 rings (SSSR count). The summed E-state index contributed by atoms with van der Waals surface area (Å²) in [4.78, 5) is 9.59. The largest absolute Gasteiger partial charge is 0.386 e. The SMILES string of the molecule is CC/C=C\c1nc(-c2c(C3=CCCC=N3)nn3c2CCC3)ccc1NC. The third-order valence-electron chi connectivity index (χ3n) is 4.91. The molecule has 0 bridgehead atoms. The van der Waals surface area contributed by atoms with Gasteiger partial charge in [0.25, 0.3) is 0 Å². The molecule has 1 N–H and O–H groups in total. The molecule has 0 aliphatic carbocycles. The average Bonchev–Trinajstić information content (AvgIpc) is 3.28. The number of nitrogens with one attached hydrogen (secondary N) is 1. The maximum atomic E-state index is 4.97. The van der Waals surface area contributed by atoms with Gasteiger partial charge in [0.15, 0.2) is 0 Å². The van der Waals surface area contributed by atoms with Crippen LogP contribution in [0.3, 0.4) is 0 Å². The van der Waals surface area contributed by atoms with Crippen LogP contribution in [0, 0.1) is 0 Å². The van der Waals surface area contributed by atoms with Crippen molar-refractivity contribution in [3.8, 4) is 11.3 Å². The molecule has 0 aromatic carbocycles. The van der Waals surface area contributed by atoms with Crippen molar-refractivity contribution in [2.24, 2.45) is 4.99 Å². The van der Waals surface area contributed by atoms with E-state index in [0.717, 1.165) is 72.7 Å². The Kier molecular flexibility index (Phi) is 4.69. The van der Waals surface area contributed by atoms with Crippen molar-refractivity contribution in [2.75, 3.05) is 12.4 Å². The smallest absolute Gasteiger partial charge is 0.120 e. The van der Waals surface area contributed by atoms with E-state index in [1.807, 2.05) is 13.3 Å². The van der Waals surface area contributed by atoms with Gasteiger partial charge in [0, 0.05) is 25.5 Å². The molecule has 2 aromatic heterocycles. The van der Waals surface area contributed by atoms with Crippen LogP contribution in [0.5, 0.6) is 0 Å². The van der Waals surface area contributed by atoms with Crippen LogP contribution >= 0.6 is 0 Å². The monoisotopic (exact) mass is 347 g/mol. The van der Waals surface area contributed by atoms with Crippen LogP contribution in [0.1, 0.15) is 49.7 Å². The van der Waals surface area contributed by atoms with Crippen molar-refractivity contribution in [1.29, 1.82) is 0 Å². The third kappa shape index (κ3) is 2.98. The first-order valence-electron chi connectivity index (χ1n) is 9.50. The number of anilines is 1. The lowest BCUT2D eigenvalue weighted by atomic mass is 10.0. The number of pyridine rings is 1. The molecule has 0 amide bonds. The minimum atomic E-state index is 0.969. The molecule has 5 heteroatoms. The summed E-state index contributed by atoms with van der Waals surface area (Å²) in [6.07, 6.45) is 13.7. The quantitative estimate of drug-likeness (QED) is 0.862. The second-order valence-corrected chi connectivity index (χ2v) is 6.67. The highest BCUT2D eigenvalue weighted by Gasteiger charge is 2.26. The summed E-state index contributed by atoms with van der Waals surface area (Å²) in [5.41, 5.74) is 7.40. The number of nitrogens with zero attached hydrogens (tertiary/aromatic N) is 4. The van der Waals surface area contributed by atoms with Crippen molar-refractivity contribution in [1.82, 2.24) is 14.8 Å². The van der Waals surface area contributed by atoms with Crippen LogP contribution in [-0.4, -0.2) is 28.0 Å². The Morgan fingerprint density at radius 2 is 2.19 bits per heavy atom. The predicted molar refractivity (Wildman–Crippen MR) is 108 cm³/mol. The molecular weight excluding hydrogens is 322 g/mol. The molecule has 134 valence electrons. The van der Waals surface area contributed by atoms with Crippen LogP contribution < -0.4 is 5.32 Å². The molecule has 0 saturated heterocycles. The van der Waals surface area contributed by atoms with E-state index in [9.17, 15) is 0 Å². The van der Waals surface area contributed by atoms with Crippen molar-refractivity contribution in [3.05, 3.63) is 41.4 Å². The first-order chi connectivity index (χ1) is 12.8. The molecule has 0 saturated carbocycles. The summed E-state index contributed by atoms with van der Waals surface area (Å²) in [6.45, 7) is 3.12. The minimum absolute atomic E-state index is 0.969. The maximum absolute atomic E-state index is 4.97. The number of allylic oxidation sites excluding steroid dienone is 2. The third-order valence-corrected chi connectivity index (χ3v) is 4.91. The summed E-state index contributed by atoms with van der Waals surface area (Å²) < 4.78 is 2.14. The summed E-state index contributed by atoms with van der Waals surface area (Å²) in [5.74, 6) is 0. The van der Waals surface area contributed by atoms with Gasteiger partial charge < -0.3 is 5.32 Å². The van der Waals surface area contributed by atoms with Crippen LogP contribution in [0.4, 0.5) is 5.69 Å². The van der Waals surface area contributed by atoms with Gasteiger partial charge in [-0.05, 0) is 50.3 Å². The van der Waals surface area contributed by atoms with Crippen molar-refractivity contribution >= 4 is 23.7 Å². The van der Waals surface area contributed by atoms with E-state index in [-0.39, 0.29) is 0 Å². The highest BCUT2D eigenvalue weighted by Crippen LogP contribution is 2.36. The van der Waals surface area contributed by atoms with Crippen molar-refractivity contribution in [3.63, 3.8) is 0 Å².